The molecular formula is C27H36FN2O2-. The summed E-state index contributed by atoms with van der Waals surface area (Å²) in [5.41, 5.74) is 3.44. The molecule has 4 nitrogen and oxygen atoms in total. The first-order valence-electron chi connectivity index (χ1n) is 12.3. The number of nitrogens with zero attached hydrogens (tertiary/aromatic N) is 1. The van der Waals surface area contributed by atoms with Crippen LogP contribution in [0.1, 0.15) is 76.1 Å². The molecule has 3 atom stereocenters. The molecule has 0 radical (unpaired) electrons. The summed E-state index contributed by atoms with van der Waals surface area (Å²) in [6, 6.07) is 11.4. The highest BCUT2D eigenvalue weighted by Crippen LogP contribution is 2.35. The lowest BCUT2D eigenvalue weighted by Gasteiger charge is -2.44. The van der Waals surface area contributed by atoms with Gasteiger partial charge in [-0.05, 0) is 60.2 Å². The molecule has 4 rings (SSSR count). The summed E-state index contributed by atoms with van der Waals surface area (Å²) in [5, 5.41) is 16.4. The Labute approximate surface area is 191 Å². The number of fused-ring (bicyclic) bond motifs is 1. The predicted octanol–water partition coefficient (Wildman–Crippen LogP) is 6.58. The second-order valence-electron chi connectivity index (χ2n) is 9.57. The quantitative estimate of drug-likeness (QED) is 0.448. The standard InChI is InChI=1S/C27H36FN2O2/c1-3-4-5-6-7-8-9-23-15-22-14-20(11-13-26(22)32-23)21-10-12-24(25(28)16-21)27-29-17-19(2)18-30(27)31/h10-14,16,19,23,27,29H,3-9,15,17-18H2,1-2H3/q-1. The van der Waals surface area contributed by atoms with Crippen LogP contribution in [-0.4, -0.2) is 24.3 Å². The van der Waals surface area contributed by atoms with Crippen LogP contribution in [0.15, 0.2) is 36.4 Å². The molecule has 0 bridgehead atoms. The highest BCUT2D eigenvalue weighted by molar-refractivity contribution is 5.66. The van der Waals surface area contributed by atoms with Gasteiger partial charge < -0.3 is 15.0 Å². The van der Waals surface area contributed by atoms with Gasteiger partial charge in [-0.3, -0.25) is 5.32 Å². The first kappa shape index (κ1) is 23.2. The molecule has 0 saturated carbocycles. The van der Waals surface area contributed by atoms with Crippen LogP contribution >= 0.6 is 0 Å². The molecule has 32 heavy (non-hydrogen) atoms. The number of ether oxygens (including phenoxy) is 1. The van der Waals surface area contributed by atoms with Crippen LogP contribution in [0.3, 0.4) is 0 Å². The van der Waals surface area contributed by atoms with Crippen LogP contribution < -0.4 is 10.1 Å². The average Bonchev–Trinajstić information content (AvgIpc) is 3.18. The Kier molecular flexibility index (Phi) is 7.82. The zero-order valence-corrected chi connectivity index (χ0v) is 19.4. The Morgan fingerprint density at radius 1 is 1.06 bits per heavy atom. The van der Waals surface area contributed by atoms with Crippen molar-refractivity contribution < 1.29 is 9.13 Å². The van der Waals surface area contributed by atoms with Crippen LogP contribution in [0, 0.1) is 16.9 Å². The third kappa shape index (κ3) is 5.51. The van der Waals surface area contributed by atoms with Crippen molar-refractivity contribution >= 4 is 0 Å². The third-order valence-corrected chi connectivity index (χ3v) is 6.75. The fourth-order valence-electron chi connectivity index (χ4n) is 4.90. The van der Waals surface area contributed by atoms with E-state index in [0.29, 0.717) is 12.1 Å². The average molecular weight is 440 g/mol. The van der Waals surface area contributed by atoms with Crippen molar-refractivity contribution in [2.45, 2.75) is 77.5 Å². The second-order valence-corrected chi connectivity index (χ2v) is 9.57. The largest absolute Gasteiger partial charge is 0.784 e. The van der Waals surface area contributed by atoms with Crippen molar-refractivity contribution in [1.82, 2.24) is 10.4 Å². The Hall–Kier alpha value is -1.95. The van der Waals surface area contributed by atoms with E-state index in [-0.39, 0.29) is 17.8 Å². The van der Waals surface area contributed by atoms with Gasteiger partial charge in [-0.15, -0.1) is 0 Å². The van der Waals surface area contributed by atoms with Gasteiger partial charge in [-0.25, -0.2) is 4.39 Å². The fourth-order valence-corrected chi connectivity index (χ4v) is 4.90. The number of unbranched alkanes of at least 4 members (excludes halogenated alkanes) is 5. The lowest BCUT2D eigenvalue weighted by Crippen LogP contribution is -2.46. The monoisotopic (exact) mass is 439 g/mol. The van der Waals surface area contributed by atoms with E-state index in [4.69, 9.17) is 4.74 Å². The molecule has 174 valence electrons. The zero-order valence-electron chi connectivity index (χ0n) is 19.4. The molecule has 0 spiro atoms. The van der Waals surface area contributed by atoms with Gasteiger partial charge in [0.1, 0.15) is 17.7 Å². The molecule has 1 N–H and O–H groups in total. The first-order chi connectivity index (χ1) is 15.5. The molecule has 5 heteroatoms. The summed E-state index contributed by atoms with van der Waals surface area (Å²) in [5.74, 6) is 0.891. The van der Waals surface area contributed by atoms with E-state index in [1.807, 2.05) is 25.1 Å². The minimum absolute atomic E-state index is 0.258. The smallest absolute Gasteiger partial charge is 0.129 e. The maximum Gasteiger partial charge on any atom is 0.129 e. The van der Waals surface area contributed by atoms with Crippen LogP contribution in [0.4, 0.5) is 4.39 Å². The van der Waals surface area contributed by atoms with Gasteiger partial charge in [0.2, 0.25) is 0 Å². The molecule has 2 aromatic carbocycles. The molecule has 0 aliphatic carbocycles. The van der Waals surface area contributed by atoms with Gasteiger partial charge in [0.15, 0.2) is 0 Å². The molecule has 2 aromatic rings. The Bertz CT molecular complexity index is 903. The summed E-state index contributed by atoms with van der Waals surface area (Å²) in [4.78, 5) is 0. The Balaban J connectivity index is 1.37. The summed E-state index contributed by atoms with van der Waals surface area (Å²) < 4.78 is 21.1. The van der Waals surface area contributed by atoms with Gasteiger partial charge in [-0.2, -0.15) is 0 Å². The van der Waals surface area contributed by atoms with Crippen LogP contribution in [0.2, 0.25) is 0 Å². The fraction of sp³-hybridized carbons (Fsp3) is 0.556. The van der Waals surface area contributed by atoms with Gasteiger partial charge >= 0.3 is 0 Å². The Morgan fingerprint density at radius 2 is 1.81 bits per heavy atom. The van der Waals surface area contributed by atoms with Crippen LogP contribution in [0.25, 0.3) is 11.1 Å². The molecule has 1 saturated heterocycles. The Morgan fingerprint density at radius 3 is 2.59 bits per heavy atom. The van der Waals surface area contributed by atoms with E-state index in [1.54, 1.807) is 12.1 Å². The maximum absolute atomic E-state index is 14.9. The topological polar surface area (TPSA) is 47.6 Å². The zero-order chi connectivity index (χ0) is 22.5. The predicted molar refractivity (Wildman–Crippen MR) is 128 cm³/mol. The number of halogens is 1. The first-order valence-corrected chi connectivity index (χ1v) is 12.3. The molecule has 2 aliphatic rings. The van der Waals surface area contributed by atoms with Crippen molar-refractivity contribution in [3.05, 3.63) is 58.5 Å². The summed E-state index contributed by atoms with van der Waals surface area (Å²) in [6.45, 7) is 5.40. The molecule has 1 fully saturated rings. The second kappa shape index (κ2) is 10.8. The molecule has 2 heterocycles. The number of hydrogen-bond acceptors (Lipinski definition) is 4. The number of hydrogen-bond donors (Lipinski definition) is 1. The van der Waals surface area contributed by atoms with Crippen molar-refractivity contribution in [2.24, 2.45) is 5.92 Å². The molecule has 0 aromatic heterocycles. The molecular weight excluding hydrogens is 403 g/mol. The highest BCUT2D eigenvalue weighted by Gasteiger charge is 2.25. The lowest BCUT2D eigenvalue weighted by molar-refractivity contribution is 0.152. The van der Waals surface area contributed by atoms with E-state index < -0.39 is 6.17 Å². The SMILES string of the molecule is CCCCCCCCC1Cc2cc(-c3ccc(C4NCC(C)CN4[O-])c(F)c3)ccc2O1. The van der Waals surface area contributed by atoms with Crippen molar-refractivity contribution in [3.63, 3.8) is 0 Å². The summed E-state index contributed by atoms with van der Waals surface area (Å²) in [7, 11) is 0. The van der Waals surface area contributed by atoms with Crippen molar-refractivity contribution in [2.75, 3.05) is 13.1 Å². The lowest BCUT2D eigenvalue weighted by atomic mass is 9.97. The van der Waals surface area contributed by atoms with E-state index >= 15 is 0 Å². The van der Waals surface area contributed by atoms with Crippen molar-refractivity contribution in [3.8, 4) is 16.9 Å². The van der Waals surface area contributed by atoms with Crippen molar-refractivity contribution in [1.29, 1.82) is 0 Å². The van der Waals surface area contributed by atoms with E-state index in [2.05, 4.69) is 18.3 Å². The third-order valence-electron chi connectivity index (χ3n) is 6.75. The molecule has 3 unspecified atom stereocenters. The van der Waals surface area contributed by atoms with E-state index in [1.165, 1.54) is 44.1 Å². The van der Waals surface area contributed by atoms with Crippen LogP contribution in [0.5, 0.6) is 5.75 Å². The summed E-state index contributed by atoms with van der Waals surface area (Å²) in [6.07, 6.45) is 9.43. The van der Waals surface area contributed by atoms with Gasteiger partial charge in [0.25, 0.3) is 0 Å². The van der Waals surface area contributed by atoms with Gasteiger partial charge in [-0.1, -0.05) is 64.2 Å². The maximum atomic E-state index is 14.9. The highest BCUT2D eigenvalue weighted by atomic mass is 19.1. The van der Waals surface area contributed by atoms with Crippen LogP contribution in [-0.2, 0) is 6.42 Å². The molecule has 2 aliphatic heterocycles. The van der Waals surface area contributed by atoms with Gasteiger partial charge in [0, 0.05) is 18.5 Å². The minimum atomic E-state index is -0.614. The van der Waals surface area contributed by atoms with Gasteiger partial charge in [0.05, 0.1) is 6.17 Å². The minimum Gasteiger partial charge on any atom is -0.784 e. The summed E-state index contributed by atoms with van der Waals surface area (Å²) >= 11 is 0. The normalized spacial score (nSPS) is 23.2. The number of hydroxylamine groups is 2. The van der Waals surface area contributed by atoms with E-state index in [9.17, 15) is 9.60 Å². The number of nitrogens with one attached hydrogen (secondary N) is 1. The number of benzene rings is 2. The molecule has 0 amide bonds. The number of rotatable bonds is 9. The van der Waals surface area contributed by atoms with E-state index in [0.717, 1.165) is 41.3 Å².